The molecule has 1 aliphatic heterocycles. The second-order valence-corrected chi connectivity index (χ2v) is 4.36. The second-order valence-electron chi connectivity index (χ2n) is 3.49. The van der Waals surface area contributed by atoms with Gasteiger partial charge in [-0.25, -0.2) is 0 Å². The summed E-state index contributed by atoms with van der Waals surface area (Å²) in [4.78, 5) is 13.4. The quantitative estimate of drug-likeness (QED) is 0.797. The molecule has 1 rings (SSSR count). The summed E-state index contributed by atoms with van der Waals surface area (Å²) in [5.74, 6) is 1.54. The molecule has 1 heterocycles. The number of amides is 1. The largest absolute Gasteiger partial charge is 0.342 e. The van der Waals surface area contributed by atoms with Crippen molar-refractivity contribution in [3.63, 3.8) is 0 Å². The average Bonchev–Trinajstić information content (AvgIpc) is 2.18. The number of hydrogen-bond acceptors (Lipinski definition) is 3. The van der Waals surface area contributed by atoms with E-state index < -0.39 is 0 Å². The predicted octanol–water partition coefficient (Wildman–Crippen LogP) is 0.968. The van der Waals surface area contributed by atoms with E-state index in [4.69, 9.17) is 5.73 Å². The number of likely N-dealkylation sites (tertiary alicyclic amines) is 1. The average molecular weight is 239 g/mol. The van der Waals surface area contributed by atoms with Crippen LogP contribution in [-0.2, 0) is 4.79 Å². The Morgan fingerprint density at radius 3 is 2.50 bits per heavy atom. The van der Waals surface area contributed by atoms with Crippen LogP contribution in [0.3, 0.4) is 0 Å². The number of rotatable bonds is 3. The van der Waals surface area contributed by atoms with Gasteiger partial charge in [0.1, 0.15) is 0 Å². The van der Waals surface area contributed by atoms with E-state index in [1.165, 1.54) is 0 Å². The fraction of sp³-hybridized carbons (Fsp3) is 0.889. The molecule has 5 heteroatoms. The maximum absolute atomic E-state index is 11.5. The van der Waals surface area contributed by atoms with E-state index in [1.807, 2.05) is 11.2 Å². The first-order chi connectivity index (χ1) is 6.27. The lowest BCUT2D eigenvalue weighted by atomic mass is 9.97. The molecule has 0 aliphatic carbocycles. The predicted molar refractivity (Wildman–Crippen MR) is 64.0 cm³/mol. The van der Waals surface area contributed by atoms with Crippen LogP contribution in [0.1, 0.15) is 12.8 Å². The van der Waals surface area contributed by atoms with Crippen LogP contribution in [0.25, 0.3) is 0 Å². The highest BCUT2D eigenvalue weighted by Crippen LogP contribution is 2.16. The standard InChI is InChI=1S/C9H18N2OS.ClH/c1-13-7-9(12)11-4-2-8(6-10)3-5-11;/h8H,2-7,10H2,1H3;1H. The van der Waals surface area contributed by atoms with Crippen LogP contribution in [-0.4, -0.2) is 42.4 Å². The van der Waals surface area contributed by atoms with Crippen LogP contribution in [0.4, 0.5) is 0 Å². The van der Waals surface area contributed by atoms with Crippen molar-refractivity contribution in [2.45, 2.75) is 12.8 Å². The first-order valence-electron chi connectivity index (χ1n) is 4.74. The van der Waals surface area contributed by atoms with Gasteiger partial charge in [0.05, 0.1) is 5.75 Å². The third kappa shape index (κ3) is 4.07. The molecule has 1 aliphatic rings. The van der Waals surface area contributed by atoms with Crippen molar-refractivity contribution >= 4 is 30.1 Å². The molecule has 0 aromatic heterocycles. The van der Waals surface area contributed by atoms with E-state index in [1.54, 1.807) is 11.8 Å². The molecule has 14 heavy (non-hydrogen) atoms. The topological polar surface area (TPSA) is 46.3 Å². The van der Waals surface area contributed by atoms with Gasteiger partial charge < -0.3 is 10.6 Å². The summed E-state index contributed by atoms with van der Waals surface area (Å²) in [7, 11) is 0. The lowest BCUT2D eigenvalue weighted by molar-refractivity contribution is -0.129. The maximum atomic E-state index is 11.5. The highest BCUT2D eigenvalue weighted by molar-refractivity contribution is 7.99. The monoisotopic (exact) mass is 238 g/mol. The summed E-state index contributed by atoms with van der Waals surface area (Å²) in [6.45, 7) is 2.58. The highest BCUT2D eigenvalue weighted by atomic mass is 35.5. The van der Waals surface area contributed by atoms with Crippen LogP contribution in [0.2, 0.25) is 0 Å². The van der Waals surface area contributed by atoms with Gasteiger partial charge in [0.15, 0.2) is 0 Å². The Kier molecular flexibility index (Phi) is 7.41. The number of nitrogens with two attached hydrogens (primary N) is 1. The summed E-state index contributed by atoms with van der Waals surface area (Å²) in [6.07, 6.45) is 4.12. The number of thioether (sulfide) groups is 1. The van der Waals surface area contributed by atoms with E-state index >= 15 is 0 Å². The van der Waals surface area contributed by atoms with Gasteiger partial charge in [-0.05, 0) is 31.6 Å². The maximum Gasteiger partial charge on any atom is 0.232 e. The number of hydrogen-bond donors (Lipinski definition) is 1. The Balaban J connectivity index is 0.00000169. The van der Waals surface area contributed by atoms with Crippen LogP contribution >= 0.6 is 24.2 Å². The third-order valence-corrected chi connectivity index (χ3v) is 3.10. The molecule has 0 spiro atoms. The van der Waals surface area contributed by atoms with Gasteiger partial charge in [0.25, 0.3) is 0 Å². The molecular weight excluding hydrogens is 220 g/mol. The van der Waals surface area contributed by atoms with Gasteiger partial charge in [-0.15, -0.1) is 12.4 Å². The molecule has 0 aromatic carbocycles. The lowest BCUT2D eigenvalue weighted by Crippen LogP contribution is -2.40. The summed E-state index contributed by atoms with van der Waals surface area (Å²) in [5.41, 5.74) is 5.58. The van der Waals surface area contributed by atoms with E-state index in [9.17, 15) is 4.79 Å². The van der Waals surface area contributed by atoms with Gasteiger partial charge in [-0.2, -0.15) is 11.8 Å². The zero-order valence-corrected chi connectivity index (χ0v) is 10.2. The molecule has 0 bridgehead atoms. The molecule has 0 unspecified atom stereocenters. The minimum atomic E-state index is 0. The van der Waals surface area contributed by atoms with Crippen molar-refractivity contribution in [2.75, 3.05) is 31.6 Å². The van der Waals surface area contributed by atoms with Crippen molar-refractivity contribution in [2.24, 2.45) is 11.7 Å². The minimum Gasteiger partial charge on any atom is -0.342 e. The molecule has 0 aromatic rings. The van der Waals surface area contributed by atoms with E-state index in [0.29, 0.717) is 11.7 Å². The number of halogens is 1. The SMILES string of the molecule is CSCC(=O)N1CCC(CN)CC1.Cl. The molecule has 2 N–H and O–H groups in total. The van der Waals surface area contributed by atoms with Crippen LogP contribution < -0.4 is 5.73 Å². The fourth-order valence-electron chi connectivity index (χ4n) is 1.63. The van der Waals surface area contributed by atoms with Gasteiger partial charge in [0, 0.05) is 13.1 Å². The number of piperidine rings is 1. The Bertz CT molecular complexity index is 172. The van der Waals surface area contributed by atoms with Crippen molar-refractivity contribution in [1.82, 2.24) is 4.90 Å². The van der Waals surface area contributed by atoms with Crippen LogP contribution in [0.5, 0.6) is 0 Å². The van der Waals surface area contributed by atoms with Gasteiger partial charge in [-0.3, -0.25) is 4.79 Å². The molecule has 84 valence electrons. The summed E-state index contributed by atoms with van der Waals surface area (Å²) >= 11 is 1.59. The van der Waals surface area contributed by atoms with E-state index in [2.05, 4.69) is 0 Å². The Hall–Kier alpha value is 0.0700. The molecule has 3 nitrogen and oxygen atoms in total. The molecule has 0 saturated carbocycles. The van der Waals surface area contributed by atoms with Crippen molar-refractivity contribution in [3.05, 3.63) is 0 Å². The molecule has 1 amide bonds. The van der Waals surface area contributed by atoms with Gasteiger partial charge in [-0.1, -0.05) is 0 Å². The molecule has 1 fully saturated rings. The lowest BCUT2D eigenvalue weighted by Gasteiger charge is -2.31. The second kappa shape index (κ2) is 7.37. The molecular formula is C9H19ClN2OS. The zero-order valence-electron chi connectivity index (χ0n) is 8.57. The summed E-state index contributed by atoms with van der Waals surface area (Å²) in [6, 6.07) is 0. The normalized spacial score (nSPS) is 17.7. The Morgan fingerprint density at radius 2 is 2.07 bits per heavy atom. The number of carbonyl (C=O) groups excluding carboxylic acids is 1. The van der Waals surface area contributed by atoms with Crippen molar-refractivity contribution in [1.29, 1.82) is 0 Å². The zero-order chi connectivity index (χ0) is 9.68. The van der Waals surface area contributed by atoms with Crippen LogP contribution in [0.15, 0.2) is 0 Å². The summed E-state index contributed by atoms with van der Waals surface area (Å²) < 4.78 is 0. The summed E-state index contributed by atoms with van der Waals surface area (Å²) in [5, 5.41) is 0. The number of nitrogens with zero attached hydrogens (tertiary/aromatic N) is 1. The molecule has 0 atom stereocenters. The van der Waals surface area contributed by atoms with E-state index in [-0.39, 0.29) is 18.3 Å². The van der Waals surface area contributed by atoms with Crippen molar-refractivity contribution in [3.8, 4) is 0 Å². The third-order valence-electron chi connectivity index (χ3n) is 2.57. The van der Waals surface area contributed by atoms with Gasteiger partial charge >= 0.3 is 0 Å². The van der Waals surface area contributed by atoms with Gasteiger partial charge in [0.2, 0.25) is 5.91 Å². The van der Waals surface area contributed by atoms with Crippen LogP contribution in [0, 0.1) is 5.92 Å². The Morgan fingerprint density at radius 1 is 1.50 bits per heavy atom. The Labute approximate surface area is 96.2 Å². The molecule has 1 saturated heterocycles. The van der Waals surface area contributed by atoms with Crippen molar-refractivity contribution < 1.29 is 4.79 Å². The fourth-order valence-corrected chi connectivity index (χ4v) is 2.06. The van der Waals surface area contributed by atoms with E-state index in [0.717, 1.165) is 32.5 Å². The minimum absolute atomic E-state index is 0. The first kappa shape index (κ1) is 14.1. The highest BCUT2D eigenvalue weighted by Gasteiger charge is 2.20. The first-order valence-corrected chi connectivity index (χ1v) is 6.14. The number of carbonyl (C=O) groups is 1. The molecule has 0 radical (unpaired) electrons. The smallest absolute Gasteiger partial charge is 0.232 e.